The summed E-state index contributed by atoms with van der Waals surface area (Å²) >= 11 is 11.6. The van der Waals surface area contributed by atoms with Gasteiger partial charge in [0.2, 0.25) is 5.78 Å². The van der Waals surface area contributed by atoms with Crippen LogP contribution in [0, 0.1) is 0 Å². The van der Waals surface area contributed by atoms with Crippen molar-refractivity contribution in [1.29, 1.82) is 0 Å². The minimum atomic E-state index is -3.93. The van der Waals surface area contributed by atoms with Crippen LogP contribution in [0.2, 0.25) is 10.0 Å². The number of hydrogen-bond donors (Lipinski definition) is 1. The lowest BCUT2D eigenvalue weighted by atomic mass is 10.1. The number of aldehydes is 1. The number of ketones is 1. The van der Waals surface area contributed by atoms with Crippen LogP contribution in [-0.2, 0) is 14.8 Å². The van der Waals surface area contributed by atoms with Gasteiger partial charge in [0.15, 0.2) is 6.29 Å². The number of anilines is 1. The molecule has 0 aliphatic rings. The molecule has 0 aliphatic heterocycles. The first-order valence-electron chi connectivity index (χ1n) is 7.99. The standard InChI is InChI=1S/C19H12Cl2N2O5S/c20-12-1-4-16(5-2-12)29(26,27)23-14-3-6-19(17(8-14)18(25)11-24)28-15-7-13(21)9-22-10-15/h1-11,23H. The summed E-state index contributed by atoms with van der Waals surface area (Å²) in [5.41, 5.74) is -0.0574. The number of sulfonamides is 1. The van der Waals surface area contributed by atoms with Gasteiger partial charge in [0.05, 0.1) is 21.7 Å². The second-order valence-corrected chi connectivity index (χ2v) is 8.25. The number of carbonyl (C=O) groups excluding carboxylic acids is 2. The third kappa shape index (κ3) is 5.11. The second-order valence-electron chi connectivity index (χ2n) is 5.69. The SMILES string of the molecule is O=CC(=O)c1cc(NS(=O)(=O)c2ccc(Cl)cc2)ccc1Oc1cncc(Cl)c1. The van der Waals surface area contributed by atoms with Gasteiger partial charge in [-0.25, -0.2) is 8.42 Å². The molecule has 1 N–H and O–H groups in total. The zero-order valence-corrected chi connectivity index (χ0v) is 16.8. The molecule has 0 radical (unpaired) electrons. The predicted octanol–water partition coefficient (Wildman–Crippen LogP) is 4.36. The Labute approximate surface area is 176 Å². The summed E-state index contributed by atoms with van der Waals surface area (Å²) in [7, 11) is -3.93. The van der Waals surface area contributed by atoms with E-state index in [-0.39, 0.29) is 33.9 Å². The minimum absolute atomic E-state index is 0.0181. The van der Waals surface area contributed by atoms with E-state index < -0.39 is 15.8 Å². The third-order valence-corrected chi connectivity index (χ3v) is 5.49. The Morgan fingerprint density at radius 3 is 2.38 bits per heavy atom. The first kappa shape index (κ1) is 20.8. The van der Waals surface area contributed by atoms with E-state index in [1.807, 2.05) is 0 Å². The van der Waals surface area contributed by atoms with Crippen LogP contribution in [-0.4, -0.2) is 25.5 Å². The molecule has 3 rings (SSSR count). The van der Waals surface area contributed by atoms with Crippen molar-refractivity contribution in [3.05, 3.63) is 76.5 Å². The normalized spacial score (nSPS) is 11.0. The molecule has 0 bridgehead atoms. The third-order valence-electron chi connectivity index (χ3n) is 3.64. The number of halogens is 2. The van der Waals surface area contributed by atoms with Gasteiger partial charge in [-0.3, -0.25) is 19.3 Å². The van der Waals surface area contributed by atoms with E-state index in [9.17, 15) is 18.0 Å². The molecule has 0 saturated carbocycles. The summed E-state index contributed by atoms with van der Waals surface area (Å²) in [5, 5.41) is 0.706. The smallest absolute Gasteiger partial charge is 0.261 e. The number of carbonyl (C=O) groups is 2. The Bertz CT molecular complexity index is 1180. The molecule has 0 atom stereocenters. The van der Waals surface area contributed by atoms with Gasteiger partial charge in [0.25, 0.3) is 10.0 Å². The number of hydrogen-bond acceptors (Lipinski definition) is 6. The van der Waals surface area contributed by atoms with Crippen molar-refractivity contribution in [3.63, 3.8) is 0 Å². The lowest BCUT2D eigenvalue weighted by Crippen LogP contribution is -2.13. The van der Waals surface area contributed by atoms with Gasteiger partial charge in [0, 0.05) is 23.0 Å². The largest absolute Gasteiger partial charge is 0.455 e. The van der Waals surface area contributed by atoms with E-state index in [1.165, 1.54) is 60.9 Å². The number of pyridine rings is 1. The average Bonchev–Trinajstić information content (AvgIpc) is 2.68. The summed E-state index contributed by atoms with van der Waals surface area (Å²) in [4.78, 5) is 26.9. The Morgan fingerprint density at radius 1 is 1.00 bits per heavy atom. The van der Waals surface area contributed by atoms with Gasteiger partial charge in [-0.1, -0.05) is 23.2 Å². The number of rotatable bonds is 7. The Kier molecular flexibility index (Phi) is 6.17. The van der Waals surface area contributed by atoms with Gasteiger partial charge in [0.1, 0.15) is 11.5 Å². The molecule has 148 valence electrons. The molecule has 29 heavy (non-hydrogen) atoms. The number of benzene rings is 2. The highest BCUT2D eigenvalue weighted by molar-refractivity contribution is 7.92. The molecule has 0 spiro atoms. The number of aromatic nitrogens is 1. The van der Waals surface area contributed by atoms with Crippen LogP contribution < -0.4 is 9.46 Å². The molecule has 0 saturated heterocycles. The van der Waals surface area contributed by atoms with Crippen molar-refractivity contribution in [2.75, 3.05) is 4.72 Å². The number of ether oxygens (including phenoxy) is 1. The monoisotopic (exact) mass is 450 g/mol. The number of Topliss-reactive ketones (excluding diaryl/α,β-unsaturated/α-hetero) is 1. The summed E-state index contributed by atoms with van der Waals surface area (Å²) in [6, 6.07) is 11.0. The quantitative estimate of drug-likeness (QED) is 0.325. The molecular weight excluding hydrogens is 439 g/mol. The first-order valence-corrected chi connectivity index (χ1v) is 10.2. The lowest BCUT2D eigenvalue weighted by Gasteiger charge is -2.13. The molecule has 0 amide bonds. The fourth-order valence-electron chi connectivity index (χ4n) is 2.34. The van der Waals surface area contributed by atoms with Crippen LogP contribution in [0.5, 0.6) is 11.5 Å². The summed E-state index contributed by atoms with van der Waals surface area (Å²) in [5.74, 6) is -0.602. The maximum atomic E-state index is 12.5. The Morgan fingerprint density at radius 2 is 1.72 bits per heavy atom. The average molecular weight is 451 g/mol. The maximum Gasteiger partial charge on any atom is 0.261 e. The van der Waals surface area contributed by atoms with Crippen molar-refractivity contribution in [2.24, 2.45) is 0 Å². The van der Waals surface area contributed by atoms with Crippen LogP contribution in [0.1, 0.15) is 10.4 Å². The van der Waals surface area contributed by atoms with Crippen molar-refractivity contribution in [1.82, 2.24) is 4.98 Å². The topological polar surface area (TPSA) is 102 Å². The molecule has 10 heteroatoms. The van der Waals surface area contributed by atoms with E-state index >= 15 is 0 Å². The highest BCUT2D eigenvalue weighted by Gasteiger charge is 2.18. The molecule has 7 nitrogen and oxygen atoms in total. The van der Waals surface area contributed by atoms with Crippen LogP contribution in [0.4, 0.5) is 5.69 Å². The molecule has 2 aromatic carbocycles. The Hall–Kier alpha value is -2.94. The highest BCUT2D eigenvalue weighted by Crippen LogP contribution is 2.30. The summed E-state index contributed by atoms with van der Waals surface area (Å²) in [6.07, 6.45) is 2.88. The minimum Gasteiger partial charge on any atom is -0.455 e. The van der Waals surface area contributed by atoms with Crippen LogP contribution in [0.3, 0.4) is 0 Å². The van der Waals surface area contributed by atoms with E-state index in [0.29, 0.717) is 10.0 Å². The summed E-state index contributed by atoms with van der Waals surface area (Å²) in [6.45, 7) is 0. The fraction of sp³-hybridized carbons (Fsp3) is 0. The van der Waals surface area contributed by atoms with Crippen molar-refractivity contribution in [3.8, 4) is 11.5 Å². The molecule has 0 aliphatic carbocycles. The molecule has 3 aromatic rings. The zero-order valence-electron chi connectivity index (χ0n) is 14.5. The molecular formula is C19H12Cl2N2O5S. The molecule has 1 heterocycles. The maximum absolute atomic E-state index is 12.5. The van der Waals surface area contributed by atoms with Gasteiger partial charge >= 0.3 is 0 Å². The van der Waals surface area contributed by atoms with Crippen LogP contribution in [0.25, 0.3) is 0 Å². The van der Waals surface area contributed by atoms with Crippen molar-refractivity contribution in [2.45, 2.75) is 4.90 Å². The van der Waals surface area contributed by atoms with Gasteiger partial charge in [-0.2, -0.15) is 0 Å². The summed E-state index contributed by atoms with van der Waals surface area (Å²) < 4.78 is 33.0. The fourth-order valence-corrected chi connectivity index (χ4v) is 3.68. The molecule has 0 unspecified atom stereocenters. The van der Waals surface area contributed by atoms with E-state index in [4.69, 9.17) is 27.9 Å². The van der Waals surface area contributed by atoms with E-state index in [2.05, 4.69) is 9.71 Å². The number of nitrogens with zero attached hydrogens (tertiary/aromatic N) is 1. The van der Waals surface area contributed by atoms with Gasteiger partial charge in [-0.15, -0.1) is 0 Å². The predicted molar refractivity (Wildman–Crippen MR) is 108 cm³/mol. The molecule has 1 aromatic heterocycles. The van der Waals surface area contributed by atoms with Crippen molar-refractivity contribution < 1.29 is 22.7 Å². The number of nitrogens with one attached hydrogen (secondary N) is 1. The molecule has 0 fully saturated rings. The van der Waals surface area contributed by atoms with E-state index in [0.717, 1.165) is 0 Å². The van der Waals surface area contributed by atoms with Crippen LogP contribution in [0.15, 0.2) is 65.8 Å². The Balaban J connectivity index is 1.94. The first-order chi connectivity index (χ1) is 13.8. The zero-order chi connectivity index (χ0) is 21.0. The van der Waals surface area contributed by atoms with Crippen LogP contribution >= 0.6 is 23.2 Å². The highest BCUT2D eigenvalue weighted by atomic mass is 35.5. The van der Waals surface area contributed by atoms with E-state index in [1.54, 1.807) is 0 Å². The van der Waals surface area contributed by atoms with Gasteiger partial charge < -0.3 is 4.74 Å². The second kappa shape index (κ2) is 8.60. The van der Waals surface area contributed by atoms with Crippen molar-refractivity contribution >= 4 is 51.0 Å². The lowest BCUT2D eigenvalue weighted by molar-refractivity contribution is -0.104. The van der Waals surface area contributed by atoms with Gasteiger partial charge in [-0.05, 0) is 42.5 Å².